The van der Waals surface area contributed by atoms with Gasteiger partial charge in [0.1, 0.15) is 5.82 Å². The Morgan fingerprint density at radius 2 is 2.11 bits per heavy atom. The number of fused-ring (bicyclic) bond motifs is 1. The first kappa shape index (κ1) is 13.1. The van der Waals surface area contributed by atoms with Crippen LogP contribution in [0.25, 0.3) is 0 Å². The monoisotopic (exact) mass is 263 g/mol. The van der Waals surface area contributed by atoms with Crippen molar-refractivity contribution in [2.45, 2.75) is 64.1 Å². The largest absolute Gasteiger partial charge is 0.303 e. The van der Waals surface area contributed by atoms with Crippen molar-refractivity contribution in [3.05, 3.63) is 11.6 Å². The number of nitrogens with zero attached hydrogens (tertiary/aromatic N) is 3. The second-order valence-electron chi connectivity index (χ2n) is 6.02. The number of hydrogen-bond donors (Lipinski definition) is 2. The van der Waals surface area contributed by atoms with Crippen LogP contribution >= 0.6 is 0 Å². The van der Waals surface area contributed by atoms with Crippen molar-refractivity contribution in [2.24, 2.45) is 0 Å². The molecule has 2 aliphatic heterocycles. The van der Waals surface area contributed by atoms with Gasteiger partial charge in [0.25, 0.3) is 0 Å². The van der Waals surface area contributed by atoms with E-state index in [0.29, 0.717) is 6.04 Å². The molecule has 3 unspecified atom stereocenters. The molecule has 0 bridgehead atoms. The average Bonchev–Trinajstić information content (AvgIpc) is 2.86. The summed E-state index contributed by atoms with van der Waals surface area (Å²) in [5, 5.41) is 11.0. The van der Waals surface area contributed by atoms with Crippen LogP contribution in [0.15, 0.2) is 0 Å². The van der Waals surface area contributed by atoms with E-state index in [2.05, 4.69) is 32.3 Å². The molecule has 2 aliphatic rings. The summed E-state index contributed by atoms with van der Waals surface area (Å²) in [6, 6.07) is 1.56. The maximum Gasteiger partial charge on any atom is 0.167 e. The molecule has 0 spiro atoms. The Bertz CT molecular complexity index is 414. The SMILES string of the molecule is Cc1nc(C(C)NC2CCCN3CCCCC23)n[nH]1. The Kier molecular flexibility index (Phi) is 3.84. The number of piperidine rings is 2. The summed E-state index contributed by atoms with van der Waals surface area (Å²) in [6.45, 7) is 6.70. The van der Waals surface area contributed by atoms with Crippen molar-refractivity contribution in [1.82, 2.24) is 25.4 Å². The average molecular weight is 263 g/mol. The Hall–Kier alpha value is -0.940. The van der Waals surface area contributed by atoms with Gasteiger partial charge in [-0.1, -0.05) is 6.42 Å². The highest BCUT2D eigenvalue weighted by molar-refractivity contribution is 4.98. The zero-order valence-electron chi connectivity index (χ0n) is 12.0. The van der Waals surface area contributed by atoms with Gasteiger partial charge in [-0.15, -0.1) is 0 Å². The molecule has 2 fully saturated rings. The molecule has 1 aromatic heterocycles. The number of aromatic amines is 1. The van der Waals surface area contributed by atoms with Crippen LogP contribution in [0.5, 0.6) is 0 Å². The van der Waals surface area contributed by atoms with Crippen LogP contribution in [0, 0.1) is 6.92 Å². The van der Waals surface area contributed by atoms with E-state index < -0.39 is 0 Å². The van der Waals surface area contributed by atoms with Crippen molar-refractivity contribution in [2.75, 3.05) is 13.1 Å². The number of H-pyrrole nitrogens is 1. The van der Waals surface area contributed by atoms with Gasteiger partial charge in [0.15, 0.2) is 5.82 Å². The molecule has 0 radical (unpaired) electrons. The van der Waals surface area contributed by atoms with Gasteiger partial charge in [0.2, 0.25) is 0 Å². The lowest BCUT2D eigenvalue weighted by Gasteiger charge is -2.45. The van der Waals surface area contributed by atoms with E-state index in [-0.39, 0.29) is 6.04 Å². The molecular formula is C14H25N5. The minimum absolute atomic E-state index is 0.233. The minimum Gasteiger partial charge on any atom is -0.303 e. The van der Waals surface area contributed by atoms with Gasteiger partial charge in [0.05, 0.1) is 6.04 Å². The second kappa shape index (κ2) is 5.59. The summed E-state index contributed by atoms with van der Waals surface area (Å²) in [5.41, 5.74) is 0. The maximum atomic E-state index is 4.44. The quantitative estimate of drug-likeness (QED) is 0.873. The number of aryl methyl sites for hydroxylation is 1. The molecular weight excluding hydrogens is 238 g/mol. The van der Waals surface area contributed by atoms with Gasteiger partial charge in [-0.2, -0.15) is 5.10 Å². The Morgan fingerprint density at radius 1 is 1.26 bits per heavy atom. The third-order valence-corrected chi connectivity index (χ3v) is 4.56. The Labute approximate surface area is 115 Å². The summed E-state index contributed by atoms with van der Waals surface area (Å²) < 4.78 is 0. The highest BCUT2D eigenvalue weighted by Crippen LogP contribution is 2.27. The Balaban J connectivity index is 1.64. The summed E-state index contributed by atoms with van der Waals surface area (Å²) in [7, 11) is 0. The van der Waals surface area contributed by atoms with Crippen LogP contribution in [-0.2, 0) is 0 Å². The molecule has 2 saturated heterocycles. The minimum atomic E-state index is 0.233. The zero-order valence-corrected chi connectivity index (χ0v) is 12.0. The lowest BCUT2D eigenvalue weighted by Crippen LogP contribution is -2.56. The van der Waals surface area contributed by atoms with Gasteiger partial charge < -0.3 is 5.32 Å². The van der Waals surface area contributed by atoms with Crippen LogP contribution in [-0.4, -0.2) is 45.3 Å². The third-order valence-electron chi connectivity index (χ3n) is 4.56. The van der Waals surface area contributed by atoms with E-state index in [9.17, 15) is 0 Å². The lowest BCUT2D eigenvalue weighted by atomic mass is 9.88. The number of aromatic nitrogens is 3. The molecule has 1 aromatic rings. The van der Waals surface area contributed by atoms with Crippen molar-refractivity contribution in [1.29, 1.82) is 0 Å². The van der Waals surface area contributed by atoms with Crippen LogP contribution < -0.4 is 5.32 Å². The van der Waals surface area contributed by atoms with Gasteiger partial charge in [-0.05, 0) is 52.6 Å². The molecule has 2 N–H and O–H groups in total. The molecule has 106 valence electrons. The smallest absolute Gasteiger partial charge is 0.167 e. The van der Waals surface area contributed by atoms with E-state index >= 15 is 0 Å². The van der Waals surface area contributed by atoms with Gasteiger partial charge in [-0.3, -0.25) is 10.00 Å². The van der Waals surface area contributed by atoms with Gasteiger partial charge >= 0.3 is 0 Å². The first-order valence-electron chi connectivity index (χ1n) is 7.63. The van der Waals surface area contributed by atoms with Crippen LogP contribution in [0.2, 0.25) is 0 Å². The molecule has 0 amide bonds. The predicted octanol–water partition coefficient (Wildman–Crippen LogP) is 1.78. The van der Waals surface area contributed by atoms with E-state index in [1.165, 1.54) is 45.2 Å². The topological polar surface area (TPSA) is 56.8 Å². The summed E-state index contributed by atoms with van der Waals surface area (Å²) in [5.74, 6) is 1.79. The lowest BCUT2D eigenvalue weighted by molar-refractivity contribution is 0.0731. The first-order valence-corrected chi connectivity index (χ1v) is 7.63. The summed E-state index contributed by atoms with van der Waals surface area (Å²) in [6.07, 6.45) is 6.70. The first-order chi connectivity index (χ1) is 9.24. The number of hydrogen-bond acceptors (Lipinski definition) is 4. The molecule has 0 aliphatic carbocycles. The maximum absolute atomic E-state index is 4.44. The molecule has 3 rings (SSSR count). The van der Waals surface area contributed by atoms with E-state index in [1.807, 2.05) is 6.92 Å². The summed E-state index contributed by atoms with van der Waals surface area (Å²) >= 11 is 0. The highest BCUT2D eigenvalue weighted by atomic mass is 15.2. The molecule has 0 aromatic carbocycles. The van der Waals surface area contributed by atoms with E-state index in [1.54, 1.807) is 0 Å². The van der Waals surface area contributed by atoms with Crippen molar-refractivity contribution < 1.29 is 0 Å². The fourth-order valence-corrected chi connectivity index (χ4v) is 3.60. The van der Waals surface area contributed by atoms with Crippen molar-refractivity contribution >= 4 is 0 Å². The van der Waals surface area contributed by atoms with Crippen molar-refractivity contribution in [3.8, 4) is 0 Å². The number of nitrogens with one attached hydrogen (secondary N) is 2. The van der Waals surface area contributed by atoms with Gasteiger partial charge in [0, 0.05) is 12.1 Å². The van der Waals surface area contributed by atoms with E-state index in [0.717, 1.165) is 17.7 Å². The molecule has 0 saturated carbocycles. The molecule has 5 nitrogen and oxygen atoms in total. The predicted molar refractivity (Wildman–Crippen MR) is 74.9 cm³/mol. The normalized spacial score (nSPS) is 30.0. The molecule has 3 atom stereocenters. The highest BCUT2D eigenvalue weighted by Gasteiger charge is 2.33. The number of rotatable bonds is 3. The second-order valence-corrected chi connectivity index (χ2v) is 6.02. The van der Waals surface area contributed by atoms with Crippen LogP contribution in [0.1, 0.15) is 56.7 Å². The van der Waals surface area contributed by atoms with E-state index in [4.69, 9.17) is 0 Å². The third kappa shape index (κ3) is 2.82. The van der Waals surface area contributed by atoms with Gasteiger partial charge in [-0.25, -0.2) is 4.98 Å². The van der Waals surface area contributed by atoms with Crippen LogP contribution in [0.3, 0.4) is 0 Å². The molecule has 5 heteroatoms. The Morgan fingerprint density at radius 3 is 2.89 bits per heavy atom. The fourth-order valence-electron chi connectivity index (χ4n) is 3.60. The molecule has 19 heavy (non-hydrogen) atoms. The van der Waals surface area contributed by atoms with Crippen LogP contribution in [0.4, 0.5) is 0 Å². The van der Waals surface area contributed by atoms with Crippen molar-refractivity contribution in [3.63, 3.8) is 0 Å². The molecule has 3 heterocycles. The summed E-state index contributed by atoms with van der Waals surface area (Å²) in [4.78, 5) is 7.12. The standard InChI is InChI=1S/C14H25N5/c1-10(14-16-11(2)17-18-14)15-12-6-5-9-19-8-4-3-7-13(12)19/h10,12-13,15H,3-9H2,1-2H3,(H,16,17,18). The zero-order chi connectivity index (χ0) is 13.2. The fraction of sp³-hybridized carbons (Fsp3) is 0.857.